The molecule has 0 aliphatic heterocycles. The van der Waals surface area contributed by atoms with Gasteiger partial charge in [-0.15, -0.1) is 0 Å². The summed E-state index contributed by atoms with van der Waals surface area (Å²) >= 11 is 0. The molecule has 5 nitrogen and oxygen atoms in total. The Hall–Kier alpha value is -2.56. The zero-order valence-corrected chi connectivity index (χ0v) is 11.7. The Kier molecular flexibility index (Phi) is 3.48. The molecular weight excluding hydrogens is 264 g/mol. The highest BCUT2D eigenvalue weighted by Gasteiger charge is 2.30. The van der Waals surface area contributed by atoms with Crippen LogP contribution >= 0.6 is 0 Å². The number of primary amides is 1. The van der Waals surface area contributed by atoms with Crippen molar-refractivity contribution in [3.63, 3.8) is 0 Å². The second kappa shape index (κ2) is 5.44. The summed E-state index contributed by atoms with van der Waals surface area (Å²) in [5.41, 5.74) is 13.3. The Bertz CT molecular complexity index is 667. The van der Waals surface area contributed by atoms with Crippen LogP contribution in [-0.4, -0.2) is 16.9 Å². The molecule has 1 aromatic carbocycles. The molecule has 0 saturated heterocycles. The number of nitrogens with zero attached hydrogens (tertiary/aromatic N) is 2. The molecule has 21 heavy (non-hydrogen) atoms. The van der Waals surface area contributed by atoms with Crippen LogP contribution in [0.15, 0.2) is 42.5 Å². The number of nitrogen functional groups attached to an aromatic ring is 1. The summed E-state index contributed by atoms with van der Waals surface area (Å²) in [5, 5.41) is 0. The first kappa shape index (κ1) is 13.4. The molecule has 0 spiro atoms. The van der Waals surface area contributed by atoms with Crippen molar-refractivity contribution >= 4 is 17.4 Å². The van der Waals surface area contributed by atoms with Crippen LogP contribution in [0.1, 0.15) is 28.9 Å². The number of pyridine rings is 1. The summed E-state index contributed by atoms with van der Waals surface area (Å²) in [6, 6.07) is 13.7. The van der Waals surface area contributed by atoms with Crippen molar-refractivity contribution in [2.24, 2.45) is 5.73 Å². The van der Waals surface area contributed by atoms with Crippen LogP contribution in [0.3, 0.4) is 0 Å². The maximum Gasteiger partial charge on any atom is 0.267 e. The molecule has 2 aromatic rings. The third-order valence-electron chi connectivity index (χ3n) is 3.57. The first-order valence-corrected chi connectivity index (χ1v) is 7.01. The number of anilines is 2. The lowest BCUT2D eigenvalue weighted by Crippen LogP contribution is -2.27. The van der Waals surface area contributed by atoms with E-state index in [-0.39, 0.29) is 0 Å². The van der Waals surface area contributed by atoms with Crippen molar-refractivity contribution in [2.45, 2.75) is 25.4 Å². The second-order valence-electron chi connectivity index (χ2n) is 5.35. The summed E-state index contributed by atoms with van der Waals surface area (Å²) in [6.07, 6.45) is 2.29. The van der Waals surface area contributed by atoms with Gasteiger partial charge in [-0.2, -0.15) is 0 Å². The molecule has 5 heteroatoms. The predicted octanol–water partition coefficient (Wildman–Crippen LogP) is 1.93. The van der Waals surface area contributed by atoms with Gasteiger partial charge in [0, 0.05) is 18.3 Å². The molecule has 0 unspecified atom stereocenters. The van der Waals surface area contributed by atoms with E-state index in [2.05, 4.69) is 9.88 Å². The van der Waals surface area contributed by atoms with Gasteiger partial charge in [0.2, 0.25) is 0 Å². The summed E-state index contributed by atoms with van der Waals surface area (Å²) < 4.78 is 0. The van der Waals surface area contributed by atoms with E-state index in [0.29, 0.717) is 11.7 Å². The zero-order valence-electron chi connectivity index (χ0n) is 11.7. The van der Waals surface area contributed by atoms with Gasteiger partial charge in [0.25, 0.3) is 5.91 Å². The Morgan fingerprint density at radius 2 is 2.00 bits per heavy atom. The van der Waals surface area contributed by atoms with Gasteiger partial charge >= 0.3 is 0 Å². The lowest BCUT2D eigenvalue weighted by molar-refractivity contribution is 0.0995. The average Bonchev–Trinajstić information content (AvgIpc) is 3.29. The average molecular weight is 282 g/mol. The quantitative estimate of drug-likeness (QED) is 0.821. The Morgan fingerprint density at radius 1 is 1.24 bits per heavy atom. The number of nitrogens with two attached hydrogens (primary N) is 2. The fourth-order valence-electron chi connectivity index (χ4n) is 2.39. The first-order chi connectivity index (χ1) is 10.1. The van der Waals surface area contributed by atoms with E-state index >= 15 is 0 Å². The number of carbonyl (C=O) groups is 1. The molecule has 1 saturated carbocycles. The maximum atomic E-state index is 11.3. The molecule has 1 fully saturated rings. The molecule has 1 aromatic heterocycles. The van der Waals surface area contributed by atoms with E-state index in [0.717, 1.165) is 36.5 Å². The van der Waals surface area contributed by atoms with Crippen LogP contribution in [0.4, 0.5) is 11.5 Å². The van der Waals surface area contributed by atoms with Gasteiger partial charge in [-0.05, 0) is 42.7 Å². The summed E-state index contributed by atoms with van der Waals surface area (Å²) in [5.74, 6) is 0.285. The molecule has 3 rings (SSSR count). The van der Waals surface area contributed by atoms with Crippen LogP contribution in [0.5, 0.6) is 0 Å². The normalized spacial score (nSPS) is 13.9. The number of benzene rings is 1. The minimum atomic E-state index is -0.503. The number of hydrogen-bond donors (Lipinski definition) is 2. The number of carbonyl (C=O) groups excluding carboxylic acids is 1. The molecule has 4 N–H and O–H groups in total. The molecule has 108 valence electrons. The summed E-state index contributed by atoms with van der Waals surface area (Å²) in [4.78, 5) is 17.9. The molecule has 0 atom stereocenters. The largest absolute Gasteiger partial charge is 0.399 e. The van der Waals surface area contributed by atoms with Gasteiger partial charge in [-0.3, -0.25) is 4.79 Å². The van der Waals surface area contributed by atoms with E-state index in [9.17, 15) is 4.79 Å². The molecule has 1 amide bonds. The van der Waals surface area contributed by atoms with Gasteiger partial charge in [0.1, 0.15) is 11.5 Å². The van der Waals surface area contributed by atoms with Gasteiger partial charge < -0.3 is 16.4 Å². The van der Waals surface area contributed by atoms with Crippen molar-refractivity contribution in [1.29, 1.82) is 0 Å². The fourth-order valence-corrected chi connectivity index (χ4v) is 2.39. The van der Waals surface area contributed by atoms with E-state index < -0.39 is 5.91 Å². The lowest BCUT2D eigenvalue weighted by Gasteiger charge is -2.24. The predicted molar refractivity (Wildman–Crippen MR) is 82.8 cm³/mol. The number of hydrogen-bond acceptors (Lipinski definition) is 4. The van der Waals surface area contributed by atoms with E-state index in [1.165, 1.54) is 0 Å². The highest BCUT2D eigenvalue weighted by molar-refractivity contribution is 5.91. The van der Waals surface area contributed by atoms with Gasteiger partial charge in [-0.1, -0.05) is 18.2 Å². The van der Waals surface area contributed by atoms with Crippen LogP contribution < -0.4 is 16.4 Å². The maximum absolute atomic E-state index is 11.3. The van der Waals surface area contributed by atoms with E-state index in [1.807, 2.05) is 36.4 Å². The summed E-state index contributed by atoms with van der Waals surface area (Å²) in [7, 11) is 0. The summed E-state index contributed by atoms with van der Waals surface area (Å²) in [6.45, 7) is 0.727. The lowest BCUT2D eigenvalue weighted by atomic mass is 10.2. The van der Waals surface area contributed by atoms with Crippen molar-refractivity contribution in [3.8, 4) is 0 Å². The Balaban J connectivity index is 1.88. The minimum Gasteiger partial charge on any atom is -0.399 e. The third kappa shape index (κ3) is 3.13. The molecule has 0 radical (unpaired) electrons. The molecule has 1 aliphatic carbocycles. The molecule has 1 aliphatic rings. The van der Waals surface area contributed by atoms with E-state index in [1.54, 1.807) is 6.07 Å². The van der Waals surface area contributed by atoms with Gasteiger partial charge in [0.15, 0.2) is 0 Å². The number of rotatable bonds is 5. The molecule has 0 bridgehead atoms. The first-order valence-electron chi connectivity index (χ1n) is 7.01. The Labute approximate surface area is 123 Å². The van der Waals surface area contributed by atoms with Crippen molar-refractivity contribution in [3.05, 3.63) is 53.7 Å². The SMILES string of the molecule is NC(=O)c1cccc(N(Cc2cccc(N)c2)C2CC2)n1. The zero-order chi connectivity index (χ0) is 14.8. The van der Waals surface area contributed by atoms with Gasteiger partial charge in [-0.25, -0.2) is 4.98 Å². The van der Waals surface area contributed by atoms with Crippen molar-refractivity contribution in [2.75, 3.05) is 10.6 Å². The smallest absolute Gasteiger partial charge is 0.267 e. The minimum absolute atomic E-state index is 0.297. The Morgan fingerprint density at radius 3 is 2.67 bits per heavy atom. The molecular formula is C16H18N4O. The highest BCUT2D eigenvalue weighted by atomic mass is 16.1. The van der Waals surface area contributed by atoms with Crippen LogP contribution in [0, 0.1) is 0 Å². The van der Waals surface area contributed by atoms with Gasteiger partial charge in [0.05, 0.1) is 0 Å². The number of amides is 1. The van der Waals surface area contributed by atoms with Crippen molar-refractivity contribution in [1.82, 2.24) is 4.98 Å². The third-order valence-corrected chi connectivity index (χ3v) is 3.57. The van der Waals surface area contributed by atoms with Crippen LogP contribution in [0.2, 0.25) is 0 Å². The van der Waals surface area contributed by atoms with Crippen molar-refractivity contribution < 1.29 is 4.79 Å². The van der Waals surface area contributed by atoms with Crippen LogP contribution in [-0.2, 0) is 6.54 Å². The topological polar surface area (TPSA) is 85.2 Å². The number of aromatic nitrogens is 1. The fraction of sp³-hybridized carbons (Fsp3) is 0.250. The second-order valence-corrected chi connectivity index (χ2v) is 5.35. The molecule has 1 heterocycles. The highest BCUT2D eigenvalue weighted by Crippen LogP contribution is 2.32. The van der Waals surface area contributed by atoms with E-state index in [4.69, 9.17) is 11.5 Å². The monoisotopic (exact) mass is 282 g/mol. The van der Waals surface area contributed by atoms with Crippen LogP contribution in [0.25, 0.3) is 0 Å². The standard InChI is InChI=1S/C16H18N4O/c17-12-4-1-3-11(9-12)10-20(13-7-8-13)15-6-2-5-14(19-15)16(18)21/h1-6,9,13H,7-8,10,17H2,(H2,18,21).